The Hall–Kier alpha value is -2.17. The number of aromatic nitrogens is 2. The maximum atomic E-state index is 13.2. The van der Waals surface area contributed by atoms with Crippen LogP contribution in [0.15, 0.2) is 24.4 Å². The summed E-state index contributed by atoms with van der Waals surface area (Å²) >= 11 is 0. The molecule has 88 valence electrons. The van der Waals surface area contributed by atoms with Crippen LogP contribution in [0.5, 0.6) is 5.75 Å². The Bertz CT molecular complexity index is 557. The summed E-state index contributed by atoms with van der Waals surface area (Å²) in [5.41, 5.74) is 6.91. The van der Waals surface area contributed by atoms with Crippen LogP contribution in [0.2, 0.25) is 0 Å². The number of methoxy groups -OCH3 is 1. The molecule has 0 spiro atoms. The molecule has 0 atom stereocenters. The smallest absolute Gasteiger partial charge is 0.135 e. The van der Waals surface area contributed by atoms with Gasteiger partial charge in [-0.2, -0.15) is 0 Å². The molecule has 0 saturated heterocycles. The number of benzene rings is 1. The molecule has 4 nitrogen and oxygen atoms in total. The van der Waals surface area contributed by atoms with Crippen LogP contribution in [0.25, 0.3) is 11.1 Å². The van der Waals surface area contributed by atoms with E-state index < -0.39 is 0 Å². The predicted molar refractivity (Wildman–Crippen MR) is 63.1 cm³/mol. The first kappa shape index (κ1) is 11.3. The SMILES string of the molecule is COc1ccc(F)cc1-c1cnc(C)nc1N. The molecule has 1 heterocycles. The zero-order valence-electron chi connectivity index (χ0n) is 9.57. The maximum Gasteiger partial charge on any atom is 0.135 e. The fourth-order valence-corrected chi connectivity index (χ4v) is 1.59. The van der Waals surface area contributed by atoms with Crippen molar-refractivity contribution in [2.24, 2.45) is 0 Å². The minimum atomic E-state index is -0.360. The summed E-state index contributed by atoms with van der Waals surface area (Å²) < 4.78 is 18.4. The number of nitrogens with zero attached hydrogens (tertiary/aromatic N) is 2. The monoisotopic (exact) mass is 233 g/mol. The molecule has 5 heteroatoms. The lowest BCUT2D eigenvalue weighted by atomic mass is 10.1. The Morgan fingerprint density at radius 3 is 2.71 bits per heavy atom. The largest absolute Gasteiger partial charge is 0.496 e. The van der Waals surface area contributed by atoms with E-state index in [1.807, 2.05) is 0 Å². The van der Waals surface area contributed by atoms with Gasteiger partial charge in [0.15, 0.2) is 0 Å². The van der Waals surface area contributed by atoms with E-state index in [0.29, 0.717) is 28.5 Å². The number of rotatable bonds is 2. The van der Waals surface area contributed by atoms with Gasteiger partial charge in [-0.25, -0.2) is 14.4 Å². The number of hydrogen-bond acceptors (Lipinski definition) is 4. The van der Waals surface area contributed by atoms with E-state index in [2.05, 4.69) is 9.97 Å². The molecular formula is C12H12FN3O. The van der Waals surface area contributed by atoms with Gasteiger partial charge in [-0.3, -0.25) is 0 Å². The fraction of sp³-hybridized carbons (Fsp3) is 0.167. The van der Waals surface area contributed by atoms with Crippen molar-refractivity contribution >= 4 is 5.82 Å². The summed E-state index contributed by atoms with van der Waals surface area (Å²) in [5, 5.41) is 0. The first-order valence-electron chi connectivity index (χ1n) is 5.05. The van der Waals surface area contributed by atoms with E-state index in [0.717, 1.165) is 0 Å². The number of aryl methyl sites for hydroxylation is 1. The van der Waals surface area contributed by atoms with Crippen LogP contribution in [0.4, 0.5) is 10.2 Å². The molecule has 2 aromatic rings. The van der Waals surface area contributed by atoms with Crippen molar-refractivity contribution in [3.8, 4) is 16.9 Å². The highest BCUT2D eigenvalue weighted by atomic mass is 19.1. The van der Waals surface area contributed by atoms with Crippen molar-refractivity contribution in [2.75, 3.05) is 12.8 Å². The second-order valence-corrected chi connectivity index (χ2v) is 3.56. The molecule has 2 N–H and O–H groups in total. The third-order valence-electron chi connectivity index (χ3n) is 2.39. The first-order chi connectivity index (χ1) is 8.11. The van der Waals surface area contributed by atoms with Gasteiger partial charge < -0.3 is 10.5 Å². The second kappa shape index (κ2) is 4.37. The van der Waals surface area contributed by atoms with E-state index in [1.54, 1.807) is 19.2 Å². The van der Waals surface area contributed by atoms with E-state index in [9.17, 15) is 4.39 Å². The highest BCUT2D eigenvalue weighted by molar-refractivity contribution is 5.77. The minimum Gasteiger partial charge on any atom is -0.496 e. The van der Waals surface area contributed by atoms with Crippen molar-refractivity contribution < 1.29 is 9.13 Å². The minimum absolute atomic E-state index is 0.307. The highest BCUT2D eigenvalue weighted by Crippen LogP contribution is 2.32. The van der Waals surface area contributed by atoms with Gasteiger partial charge in [-0.1, -0.05) is 0 Å². The molecule has 1 aromatic heterocycles. The maximum absolute atomic E-state index is 13.2. The van der Waals surface area contributed by atoms with Crippen molar-refractivity contribution in [1.29, 1.82) is 0 Å². The summed E-state index contributed by atoms with van der Waals surface area (Å²) in [6.07, 6.45) is 1.56. The van der Waals surface area contributed by atoms with Crippen LogP contribution < -0.4 is 10.5 Å². The third-order valence-corrected chi connectivity index (χ3v) is 2.39. The van der Waals surface area contributed by atoms with Gasteiger partial charge in [-0.15, -0.1) is 0 Å². The van der Waals surface area contributed by atoms with Gasteiger partial charge in [0.25, 0.3) is 0 Å². The average Bonchev–Trinajstić information content (AvgIpc) is 2.29. The molecule has 0 radical (unpaired) electrons. The number of anilines is 1. The summed E-state index contributed by atoms with van der Waals surface area (Å²) in [6.45, 7) is 1.74. The van der Waals surface area contributed by atoms with Crippen LogP contribution in [-0.4, -0.2) is 17.1 Å². The van der Waals surface area contributed by atoms with Crippen LogP contribution >= 0.6 is 0 Å². The topological polar surface area (TPSA) is 61.0 Å². The zero-order valence-corrected chi connectivity index (χ0v) is 9.57. The van der Waals surface area contributed by atoms with Crippen molar-refractivity contribution in [3.05, 3.63) is 36.0 Å². The number of nitrogen functional groups attached to an aromatic ring is 1. The molecular weight excluding hydrogens is 221 g/mol. The predicted octanol–water partition coefficient (Wildman–Crippen LogP) is 2.18. The van der Waals surface area contributed by atoms with Crippen LogP contribution in [0.1, 0.15) is 5.82 Å². The van der Waals surface area contributed by atoms with Crippen LogP contribution in [-0.2, 0) is 0 Å². The second-order valence-electron chi connectivity index (χ2n) is 3.56. The lowest BCUT2D eigenvalue weighted by molar-refractivity contribution is 0.415. The van der Waals surface area contributed by atoms with Crippen LogP contribution in [0, 0.1) is 12.7 Å². The molecule has 0 bridgehead atoms. The molecule has 0 fully saturated rings. The first-order valence-corrected chi connectivity index (χ1v) is 5.05. The molecule has 0 aliphatic heterocycles. The van der Waals surface area contributed by atoms with Gasteiger partial charge in [0.05, 0.1) is 7.11 Å². The Balaban J connectivity index is 2.62. The number of hydrogen-bond donors (Lipinski definition) is 1. The van der Waals surface area contributed by atoms with Gasteiger partial charge in [-0.05, 0) is 25.1 Å². The number of ether oxygens (including phenoxy) is 1. The standard InChI is InChI=1S/C12H12FN3O/c1-7-15-6-10(12(14)16-7)9-5-8(13)3-4-11(9)17-2/h3-6H,1-2H3,(H2,14,15,16). The van der Waals surface area contributed by atoms with Crippen molar-refractivity contribution in [2.45, 2.75) is 6.92 Å². The fourth-order valence-electron chi connectivity index (χ4n) is 1.59. The Kier molecular flexibility index (Phi) is 2.91. The molecule has 0 aliphatic rings. The Labute approximate surface area is 98.3 Å². The lowest BCUT2D eigenvalue weighted by Gasteiger charge is -2.10. The molecule has 0 amide bonds. The summed E-state index contributed by atoms with van der Waals surface area (Å²) in [6, 6.07) is 4.22. The van der Waals surface area contributed by atoms with E-state index in [4.69, 9.17) is 10.5 Å². The quantitative estimate of drug-likeness (QED) is 0.863. The lowest BCUT2D eigenvalue weighted by Crippen LogP contribution is -1.99. The van der Waals surface area contributed by atoms with E-state index in [-0.39, 0.29) is 5.82 Å². The van der Waals surface area contributed by atoms with Gasteiger partial charge in [0, 0.05) is 17.3 Å². The third kappa shape index (κ3) is 2.18. The summed E-state index contributed by atoms with van der Waals surface area (Å²) in [5.74, 6) is 1.05. The summed E-state index contributed by atoms with van der Waals surface area (Å²) in [7, 11) is 1.52. The molecule has 2 rings (SSSR count). The molecule has 1 aromatic carbocycles. The highest BCUT2D eigenvalue weighted by Gasteiger charge is 2.11. The summed E-state index contributed by atoms with van der Waals surface area (Å²) in [4.78, 5) is 8.10. The van der Waals surface area contributed by atoms with Crippen LogP contribution in [0.3, 0.4) is 0 Å². The van der Waals surface area contributed by atoms with Crippen molar-refractivity contribution in [1.82, 2.24) is 9.97 Å². The number of nitrogens with two attached hydrogens (primary N) is 1. The normalized spacial score (nSPS) is 10.3. The molecule has 0 saturated carbocycles. The van der Waals surface area contributed by atoms with E-state index >= 15 is 0 Å². The zero-order chi connectivity index (χ0) is 12.4. The molecule has 17 heavy (non-hydrogen) atoms. The number of halogens is 1. The molecule has 0 unspecified atom stereocenters. The Morgan fingerprint density at radius 1 is 1.29 bits per heavy atom. The van der Waals surface area contributed by atoms with Gasteiger partial charge in [0.2, 0.25) is 0 Å². The average molecular weight is 233 g/mol. The van der Waals surface area contributed by atoms with E-state index in [1.165, 1.54) is 19.2 Å². The molecule has 0 aliphatic carbocycles. The van der Waals surface area contributed by atoms with Gasteiger partial charge in [0.1, 0.15) is 23.2 Å². The Morgan fingerprint density at radius 2 is 2.06 bits per heavy atom. The van der Waals surface area contributed by atoms with Gasteiger partial charge >= 0.3 is 0 Å². The van der Waals surface area contributed by atoms with Crippen molar-refractivity contribution in [3.63, 3.8) is 0 Å².